The number of hydrogen-bond acceptors (Lipinski definition) is 2. The van der Waals surface area contributed by atoms with E-state index in [1.165, 1.54) is 11.1 Å². The Labute approximate surface area is 118 Å². The molecule has 0 amide bonds. The van der Waals surface area contributed by atoms with Gasteiger partial charge < -0.3 is 0 Å². The second kappa shape index (κ2) is 5.62. The number of carbonyl (C=O) groups excluding carboxylic acids is 1. The first-order chi connectivity index (χ1) is 9.33. The molecule has 2 heteroatoms. The van der Waals surface area contributed by atoms with E-state index in [4.69, 9.17) is 0 Å². The number of Topliss-reactive ketones (excluding diaryl/α,β-unsaturated/α-hetero) is 1. The molecule has 0 radical (unpaired) electrons. The summed E-state index contributed by atoms with van der Waals surface area (Å²) < 4.78 is 0. The van der Waals surface area contributed by atoms with Gasteiger partial charge in [-0.25, -0.2) is 0 Å². The minimum Gasteiger partial charge on any atom is -0.300 e. The van der Waals surface area contributed by atoms with Crippen LogP contribution in [0.3, 0.4) is 0 Å². The summed E-state index contributed by atoms with van der Waals surface area (Å²) >= 11 is 1.92. The monoisotopic (exact) mass is 268 g/mol. The van der Waals surface area contributed by atoms with Gasteiger partial charge in [0.15, 0.2) is 0 Å². The van der Waals surface area contributed by atoms with Crippen LogP contribution < -0.4 is 0 Å². The molecule has 1 nitrogen and oxygen atoms in total. The minimum atomic E-state index is 0.299. The fourth-order valence-corrected chi connectivity index (χ4v) is 4.11. The maximum Gasteiger partial charge on any atom is 0.135 e. The molecule has 96 valence electrons. The van der Waals surface area contributed by atoms with E-state index in [9.17, 15) is 4.79 Å². The van der Waals surface area contributed by atoms with E-state index in [0.717, 1.165) is 0 Å². The third-order valence-corrected chi connectivity index (χ3v) is 5.03. The summed E-state index contributed by atoms with van der Waals surface area (Å²) in [6.45, 7) is 0. The molecule has 1 aliphatic rings. The summed E-state index contributed by atoms with van der Waals surface area (Å²) in [6, 6.07) is 20.7. The largest absolute Gasteiger partial charge is 0.300 e. The van der Waals surface area contributed by atoms with E-state index in [1.54, 1.807) is 0 Å². The van der Waals surface area contributed by atoms with Crippen molar-refractivity contribution in [3.63, 3.8) is 0 Å². The molecule has 2 atom stereocenters. The van der Waals surface area contributed by atoms with Gasteiger partial charge in [-0.3, -0.25) is 4.79 Å². The van der Waals surface area contributed by atoms with Gasteiger partial charge in [0.25, 0.3) is 0 Å². The Morgan fingerprint density at radius 3 is 1.58 bits per heavy atom. The minimum absolute atomic E-state index is 0.299. The molecule has 0 aliphatic carbocycles. The molecule has 1 heterocycles. The maximum absolute atomic E-state index is 12.0. The van der Waals surface area contributed by atoms with E-state index in [-0.39, 0.29) is 0 Å². The molecule has 1 aliphatic heterocycles. The predicted molar refractivity (Wildman–Crippen MR) is 80.2 cm³/mol. The molecule has 1 fully saturated rings. The number of ketones is 1. The van der Waals surface area contributed by atoms with Gasteiger partial charge in [-0.1, -0.05) is 60.7 Å². The fourth-order valence-electron chi connectivity index (χ4n) is 2.52. The number of benzene rings is 2. The predicted octanol–water partition coefficient (Wildman–Crippen LogP) is 4.57. The van der Waals surface area contributed by atoms with Gasteiger partial charge >= 0.3 is 0 Å². The van der Waals surface area contributed by atoms with Gasteiger partial charge in [-0.05, 0) is 11.1 Å². The molecule has 0 aromatic heterocycles. The molecule has 0 N–H and O–H groups in total. The summed E-state index contributed by atoms with van der Waals surface area (Å²) in [4.78, 5) is 12.0. The zero-order valence-electron chi connectivity index (χ0n) is 10.7. The SMILES string of the molecule is O=C1C[C@H](c2ccccc2)S[C@@H](c2ccccc2)C1. The van der Waals surface area contributed by atoms with Crippen LogP contribution >= 0.6 is 11.8 Å². The number of hydrogen-bond donors (Lipinski definition) is 0. The van der Waals surface area contributed by atoms with Crippen molar-refractivity contribution < 1.29 is 4.79 Å². The molecule has 2 aromatic rings. The molecular formula is C17H16OS. The highest BCUT2D eigenvalue weighted by molar-refractivity contribution is 7.99. The quantitative estimate of drug-likeness (QED) is 0.794. The van der Waals surface area contributed by atoms with Crippen LogP contribution in [0.2, 0.25) is 0 Å². The lowest BCUT2D eigenvalue weighted by Gasteiger charge is -2.28. The van der Waals surface area contributed by atoms with E-state index >= 15 is 0 Å². The Hall–Kier alpha value is -1.54. The van der Waals surface area contributed by atoms with Crippen LogP contribution in [-0.4, -0.2) is 5.78 Å². The second-order valence-corrected chi connectivity index (χ2v) is 6.29. The summed E-state index contributed by atoms with van der Waals surface area (Å²) in [5.41, 5.74) is 2.53. The molecule has 0 saturated carbocycles. The summed E-state index contributed by atoms with van der Waals surface area (Å²) in [6.07, 6.45) is 1.33. The van der Waals surface area contributed by atoms with Crippen molar-refractivity contribution in [1.82, 2.24) is 0 Å². The number of carbonyl (C=O) groups is 1. The van der Waals surface area contributed by atoms with E-state index in [0.29, 0.717) is 29.1 Å². The third kappa shape index (κ3) is 2.90. The highest BCUT2D eigenvalue weighted by Gasteiger charge is 2.29. The first-order valence-electron chi connectivity index (χ1n) is 6.60. The van der Waals surface area contributed by atoms with E-state index < -0.39 is 0 Å². The van der Waals surface area contributed by atoms with Crippen LogP contribution in [0.5, 0.6) is 0 Å². The van der Waals surface area contributed by atoms with Gasteiger partial charge in [0.05, 0.1) is 0 Å². The molecule has 0 spiro atoms. The topological polar surface area (TPSA) is 17.1 Å². The summed E-state index contributed by atoms with van der Waals surface area (Å²) in [5.74, 6) is 0.376. The van der Waals surface area contributed by atoms with Gasteiger partial charge in [0.2, 0.25) is 0 Å². The van der Waals surface area contributed by atoms with E-state index in [1.807, 2.05) is 48.2 Å². The van der Waals surface area contributed by atoms with Crippen molar-refractivity contribution in [2.75, 3.05) is 0 Å². The average molecular weight is 268 g/mol. The zero-order chi connectivity index (χ0) is 13.1. The Morgan fingerprint density at radius 2 is 1.16 bits per heavy atom. The van der Waals surface area contributed by atoms with Crippen LogP contribution in [-0.2, 0) is 4.79 Å². The average Bonchev–Trinajstić information content (AvgIpc) is 2.48. The Morgan fingerprint density at radius 1 is 0.737 bits per heavy atom. The maximum atomic E-state index is 12.0. The second-order valence-electron chi connectivity index (χ2n) is 4.88. The first-order valence-corrected chi connectivity index (χ1v) is 7.54. The van der Waals surface area contributed by atoms with E-state index in [2.05, 4.69) is 24.3 Å². The van der Waals surface area contributed by atoms with Gasteiger partial charge in [0.1, 0.15) is 5.78 Å². The highest BCUT2D eigenvalue weighted by Crippen LogP contribution is 2.48. The van der Waals surface area contributed by atoms with Gasteiger partial charge in [0, 0.05) is 23.3 Å². The van der Waals surface area contributed by atoms with Crippen LogP contribution in [0, 0.1) is 0 Å². The van der Waals surface area contributed by atoms with Crippen molar-refractivity contribution >= 4 is 17.5 Å². The van der Waals surface area contributed by atoms with Crippen LogP contribution in [0.25, 0.3) is 0 Å². The summed E-state index contributed by atoms with van der Waals surface area (Å²) in [5, 5.41) is 0.598. The van der Waals surface area contributed by atoms with Crippen molar-refractivity contribution in [2.45, 2.75) is 23.3 Å². The Kier molecular flexibility index (Phi) is 3.69. The lowest BCUT2D eigenvalue weighted by Crippen LogP contribution is -2.15. The summed E-state index contributed by atoms with van der Waals surface area (Å²) in [7, 11) is 0. The number of thioether (sulfide) groups is 1. The molecule has 1 saturated heterocycles. The lowest BCUT2D eigenvalue weighted by atomic mass is 10.0. The zero-order valence-corrected chi connectivity index (χ0v) is 11.5. The third-order valence-electron chi connectivity index (χ3n) is 3.50. The lowest BCUT2D eigenvalue weighted by molar-refractivity contribution is -0.119. The van der Waals surface area contributed by atoms with Crippen molar-refractivity contribution in [3.05, 3.63) is 71.8 Å². The first kappa shape index (κ1) is 12.5. The van der Waals surface area contributed by atoms with Crippen molar-refractivity contribution in [1.29, 1.82) is 0 Å². The Bertz CT molecular complexity index is 500. The number of rotatable bonds is 2. The van der Waals surface area contributed by atoms with Crippen LogP contribution in [0.1, 0.15) is 34.5 Å². The van der Waals surface area contributed by atoms with Gasteiger partial charge in [-0.2, -0.15) is 0 Å². The van der Waals surface area contributed by atoms with Crippen LogP contribution in [0.4, 0.5) is 0 Å². The van der Waals surface area contributed by atoms with Gasteiger partial charge in [-0.15, -0.1) is 11.8 Å². The molecule has 2 aromatic carbocycles. The Balaban J connectivity index is 1.84. The van der Waals surface area contributed by atoms with Crippen molar-refractivity contribution in [3.8, 4) is 0 Å². The van der Waals surface area contributed by atoms with Crippen molar-refractivity contribution in [2.24, 2.45) is 0 Å². The standard InChI is InChI=1S/C17H16OS/c18-15-11-16(13-7-3-1-4-8-13)19-17(12-15)14-9-5-2-6-10-14/h1-10,16-17H,11-12H2/t16-,17-/m1/s1. The molecule has 3 rings (SSSR count). The molecule has 19 heavy (non-hydrogen) atoms. The normalized spacial score (nSPS) is 23.3. The molecule has 0 bridgehead atoms. The molecule has 0 unspecified atom stereocenters. The fraction of sp³-hybridized carbons (Fsp3) is 0.235. The smallest absolute Gasteiger partial charge is 0.135 e. The molecular weight excluding hydrogens is 252 g/mol. The van der Waals surface area contributed by atoms with Crippen LogP contribution in [0.15, 0.2) is 60.7 Å². The highest BCUT2D eigenvalue weighted by atomic mass is 32.2.